The van der Waals surface area contributed by atoms with E-state index in [1.165, 1.54) is 11.3 Å². The average molecular weight is 507 g/mol. The summed E-state index contributed by atoms with van der Waals surface area (Å²) >= 11 is 7.49. The Balaban J connectivity index is 1.20. The van der Waals surface area contributed by atoms with Gasteiger partial charge in [-0.3, -0.25) is 4.79 Å². The Kier molecular flexibility index (Phi) is 6.64. The maximum atomic E-state index is 12.7. The van der Waals surface area contributed by atoms with Crippen LogP contribution in [-0.2, 0) is 6.54 Å². The van der Waals surface area contributed by atoms with Gasteiger partial charge in [-0.1, -0.05) is 35.1 Å². The summed E-state index contributed by atoms with van der Waals surface area (Å²) in [4.78, 5) is 26.1. The first-order chi connectivity index (χ1) is 17.1. The van der Waals surface area contributed by atoms with Crippen LogP contribution in [0.15, 0.2) is 67.6 Å². The molecule has 0 saturated carbocycles. The zero-order chi connectivity index (χ0) is 24.2. The Morgan fingerprint density at radius 1 is 1.17 bits per heavy atom. The van der Waals surface area contributed by atoms with E-state index in [1.807, 2.05) is 54.5 Å². The highest BCUT2D eigenvalue weighted by Gasteiger charge is 2.14. The Labute approximate surface area is 210 Å². The second kappa shape index (κ2) is 10.2. The van der Waals surface area contributed by atoms with Crippen molar-refractivity contribution in [2.45, 2.75) is 19.9 Å². The van der Waals surface area contributed by atoms with Gasteiger partial charge in [-0.25, -0.2) is 19.6 Å². The van der Waals surface area contributed by atoms with Crippen LogP contribution in [0.1, 0.15) is 21.7 Å². The van der Waals surface area contributed by atoms with E-state index in [0.29, 0.717) is 20.7 Å². The molecule has 3 heterocycles. The van der Waals surface area contributed by atoms with Crippen molar-refractivity contribution in [2.75, 3.05) is 22.6 Å². The first-order valence-corrected chi connectivity index (χ1v) is 12.2. The molecule has 0 aliphatic heterocycles. The fourth-order valence-corrected chi connectivity index (χ4v) is 4.62. The molecule has 0 unspecified atom stereocenters. The summed E-state index contributed by atoms with van der Waals surface area (Å²) in [6.45, 7) is 3.61. The van der Waals surface area contributed by atoms with Crippen LogP contribution in [0.3, 0.4) is 0 Å². The van der Waals surface area contributed by atoms with Gasteiger partial charge in [-0.15, -0.1) is 0 Å². The second-order valence-electron chi connectivity index (χ2n) is 7.92. The Morgan fingerprint density at radius 3 is 2.91 bits per heavy atom. The van der Waals surface area contributed by atoms with Gasteiger partial charge in [0.15, 0.2) is 5.13 Å². The number of thiazole rings is 1. The summed E-state index contributed by atoms with van der Waals surface area (Å²) < 4.78 is 3.98. The Bertz CT molecular complexity index is 1440. The normalized spacial score (nSPS) is 11.0. The lowest BCUT2D eigenvalue weighted by Crippen LogP contribution is -2.16. The number of halogens is 1. The molecule has 3 aromatic heterocycles. The summed E-state index contributed by atoms with van der Waals surface area (Å²) in [6.07, 6.45) is 9.85. The molecule has 0 bridgehead atoms. The number of aryl methyl sites for hydroxylation is 2. The number of rotatable bonds is 9. The SMILES string of the molecule is Cc1cccc(Cl)c1NC(=O)c1cnc(Nc2ccc3c(c2)ncn3NCCCn2ccnc2)s1. The molecule has 0 saturated heterocycles. The van der Waals surface area contributed by atoms with Crippen molar-refractivity contribution in [1.29, 1.82) is 0 Å². The maximum Gasteiger partial charge on any atom is 0.267 e. The van der Waals surface area contributed by atoms with Gasteiger partial charge in [0, 0.05) is 31.2 Å². The Hall–Kier alpha value is -3.89. The minimum absolute atomic E-state index is 0.250. The first kappa shape index (κ1) is 22.9. The lowest BCUT2D eigenvalue weighted by atomic mass is 10.2. The summed E-state index contributed by atoms with van der Waals surface area (Å²) in [5, 5.41) is 7.25. The molecule has 3 N–H and O–H groups in total. The van der Waals surface area contributed by atoms with E-state index in [9.17, 15) is 4.79 Å². The van der Waals surface area contributed by atoms with Gasteiger partial charge >= 0.3 is 0 Å². The molecule has 1 amide bonds. The number of hydrogen-bond donors (Lipinski definition) is 3. The van der Waals surface area contributed by atoms with Gasteiger partial charge < -0.3 is 20.6 Å². The van der Waals surface area contributed by atoms with E-state index in [1.54, 1.807) is 24.8 Å². The van der Waals surface area contributed by atoms with E-state index >= 15 is 0 Å². The number of carbonyl (C=O) groups is 1. The molecule has 9 nitrogen and oxygen atoms in total. The van der Waals surface area contributed by atoms with E-state index in [2.05, 4.69) is 35.6 Å². The van der Waals surface area contributed by atoms with Gasteiger partial charge in [-0.2, -0.15) is 0 Å². The summed E-state index contributed by atoms with van der Waals surface area (Å²) in [5.74, 6) is -0.250. The standard InChI is InChI=1S/C24H23ClN8OS/c1-16-4-2-5-18(25)22(16)31-23(34)21-13-27-24(35-21)30-17-6-7-20-19(12-17)28-15-33(20)29-8-3-10-32-11-9-26-14-32/h2,4-7,9,11-15,29H,3,8,10H2,1H3,(H,27,30)(H,31,34). The molecule has 0 aliphatic rings. The summed E-state index contributed by atoms with van der Waals surface area (Å²) in [6, 6.07) is 11.4. The third-order valence-electron chi connectivity index (χ3n) is 5.42. The smallest absolute Gasteiger partial charge is 0.267 e. The van der Waals surface area contributed by atoms with Crippen LogP contribution in [0.4, 0.5) is 16.5 Å². The molecule has 5 aromatic rings. The molecule has 0 fully saturated rings. The van der Waals surface area contributed by atoms with Crippen molar-refractivity contribution in [2.24, 2.45) is 0 Å². The van der Waals surface area contributed by atoms with E-state index < -0.39 is 0 Å². The average Bonchev–Trinajstić information content (AvgIpc) is 3.61. The molecule has 2 aromatic carbocycles. The van der Waals surface area contributed by atoms with Gasteiger partial charge in [0.1, 0.15) is 11.2 Å². The number of benzene rings is 2. The zero-order valence-corrected chi connectivity index (χ0v) is 20.5. The second-order valence-corrected chi connectivity index (χ2v) is 9.36. The van der Waals surface area contributed by atoms with Gasteiger partial charge in [0.25, 0.3) is 5.91 Å². The summed E-state index contributed by atoms with van der Waals surface area (Å²) in [5.41, 5.74) is 7.55. The van der Waals surface area contributed by atoms with Crippen molar-refractivity contribution in [3.63, 3.8) is 0 Å². The summed E-state index contributed by atoms with van der Waals surface area (Å²) in [7, 11) is 0. The number of amides is 1. The molecule has 0 aliphatic carbocycles. The number of hydrogen-bond acceptors (Lipinski definition) is 7. The highest BCUT2D eigenvalue weighted by Crippen LogP contribution is 2.28. The van der Waals surface area contributed by atoms with E-state index in [-0.39, 0.29) is 5.91 Å². The maximum absolute atomic E-state index is 12.7. The first-order valence-electron chi connectivity index (χ1n) is 11.0. The van der Waals surface area contributed by atoms with Crippen LogP contribution in [0, 0.1) is 6.92 Å². The topological polar surface area (TPSA) is 102 Å². The molecule has 0 radical (unpaired) electrons. The number of nitrogens with one attached hydrogen (secondary N) is 3. The molecule has 0 atom stereocenters. The molecule has 178 valence electrons. The quantitative estimate of drug-likeness (QED) is 0.235. The van der Waals surface area contributed by atoms with Crippen LogP contribution in [0.25, 0.3) is 11.0 Å². The van der Waals surface area contributed by atoms with E-state index in [4.69, 9.17) is 11.6 Å². The van der Waals surface area contributed by atoms with Crippen LogP contribution in [0.5, 0.6) is 0 Å². The molecule has 0 spiro atoms. The van der Waals surface area contributed by atoms with Crippen molar-refractivity contribution < 1.29 is 4.79 Å². The lowest BCUT2D eigenvalue weighted by Gasteiger charge is -2.09. The number of fused-ring (bicyclic) bond motifs is 1. The highest BCUT2D eigenvalue weighted by atomic mass is 35.5. The van der Waals surface area contributed by atoms with Crippen LogP contribution >= 0.6 is 22.9 Å². The van der Waals surface area contributed by atoms with Gasteiger partial charge in [0.2, 0.25) is 0 Å². The fourth-order valence-electron chi connectivity index (χ4n) is 3.62. The van der Waals surface area contributed by atoms with Crippen molar-refractivity contribution >= 4 is 56.4 Å². The van der Waals surface area contributed by atoms with Crippen LogP contribution in [0.2, 0.25) is 5.02 Å². The monoisotopic (exact) mass is 506 g/mol. The predicted octanol–water partition coefficient (Wildman–Crippen LogP) is 5.28. The van der Waals surface area contributed by atoms with Crippen molar-refractivity contribution in [3.8, 4) is 0 Å². The number of aromatic nitrogens is 5. The largest absolute Gasteiger partial charge is 0.337 e. The highest BCUT2D eigenvalue weighted by molar-refractivity contribution is 7.17. The number of imidazole rings is 2. The van der Waals surface area contributed by atoms with E-state index in [0.717, 1.165) is 41.8 Å². The van der Waals surface area contributed by atoms with Gasteiger partial charge in [0.05, 0.1) is 34.3 Å². The fraction of sp³-hybridized carbons (Fsp3) is 0.167. The predicted molar refractivity (Wildman–Crippen MR) is 140 cm³/mol. The molecular formula is C24H23ClN8OS. The number of anilines is 3. The number of para-hydroxylation sites is 1. The molecule has 5 rings (SSSR count). The van der Waals surface area contributed by atoms with Crippen LogP contribution < -0.4 is 16.1 Å². The molecule has 35 heavy (non-hydrogen) atoms. The lowest BCUT2D eigenvalue weighted by molar-refractivity contribution is 0.103. The number of carbonyl (C=O) groups excluding carboxylic acids is 1. The van der Waals surface area contributed by atoms with Crippen LogP contribution in [-0.4, -0.2) is 36.6 Å². The third-order valence-corrected chi connectivity index (χ3v) is 6.65. The third kappa shape index (κ3) is 5.28. The van der Waals surface area contributed by atoms with Crippen molar-refractivity contribution in [1.82, 2.24) is 24.2 Å². The zero-order valence-electron chi connectivity index (χ0n) is 18.9. The minimum atomic E-state index is -0.250. The molecular weight excluding hydrogens is 484 g/mol. The minimum Gasteiger partial charge on any atom is -0.337 e. The van der Waals surface area contributed by atoms with Gasteiger partial charge in [-0.05, 0) is 43.2 Å². The Morgan fingerprint density at radius 2 is 2.09 bits per heavy atom. The number of nitrogens with zero attached hydrogens (tertiary/aromatic N) is 5. The van der Waals surface area contributed by atoms with Crippen molar-refractivity contribution in [3.05, 3.63) is 83.1 Å². The molecule has 11 heteroatoms.